The van der Waals surface area contributed by atoms with Crippen molar-refractivity contribution in [3.05, 3.63) is 58.6 Å². The van der Waals surface area contributed by atoms with E-state index in [0.717, 1.165) is 37.4 Å². The number of hydrogen-bond acceptors (Lipinski definition) is 6. The number of anilines is 1. The molecule has 1 aromatic heterocycles. The van der Waals surface area contributed by atoms with E-state index in [2.05, 4.69) is 15.2 Å². The van der Waals surface area contributed by atoms with E-state index in [1.807, 2.05) is 30.3 Å². The zero-order valence-electron chi connectivity index (χ0n) is 13.6. The highest BCUT2D eigenvalue weighted by Gasteiger charge is 2.18. The molecule has 0 saturated carbocycles. The van der Waals surface area contributed by atoms with Gasteiger partial charge in [-0.3, -0.25) is 10.1 Å². The van der Waals surface area contributed by atoms with E-state index in [1.54, 1.807) is 12.1 Å². The first kappa shape index (κ1) is 15.5. The van der Waals surface area contributed by atoms with Crippen LogP contribution in [0.15, 0.2) is 48.5 Å². The predicted octanol–water partition coefficient (Wildman–Crippen LogP) is 2.61. The predicted molar refractivity (Wildman–Crippen MR) is 96.7 cm³/mol. The molecule has 2 heterocycles. The van der Waals surface area contributed by atoms with Crippen molar-refractivity contribution in [2.75, 3.05) is 31.1 Å². The SMILES string of the molecule is O=[N+]([O-])c1ccc2nc(N3CCNCC3)nc(-c3ccccc3)c2c1. The Morgan fingerprint density at radius 2 is 1.80 bits per heavy atom. The summed E-state index contributed by atoms with van der Waals surface area (Å²) in [6.07, 6.45) is 0. The van der Waals surface area contributed by atoms with Gasteiger partial charge < -0.3 is 10.2 Å². The smallest absolute Gasteiger partial charge is 0.270 e. The molecule has 1 aliphatic heterocycles. The first-order valence-corrected chi connectivity index (χ1v) is 8.20. The second-order valence-electron chi connectivity index (χ2n) is 5.93. The van der Waals surface area contributed by atoms with Gasteiger partial charge in [-0.2, -0.15) is 0 Å². The van der Waals surface area contributed by atoms with Crippen molar-refractivity contribution in [3.8, 4) is 11.3 Å². The molecule has 4 rings (SSSR count). The fourth-order valence-electron chi connectivity index (χ4n) is 3.04. The molecule has 2 aromatic carbocycles. The minimum Gasteiger partial charge on any atom is -0.338 e. The van der Waals surface area contributed by atoms with Crippen LogP contribution in [0.2, 0.25) is 0 Å². The summed E-state index contributed by atoms with van der Waals surface area (Å²) in [5.74, 6) is 0.668. The number of rotatable bonds is 3. The topological polar surface area (TPSA) is 84.2 Å². The number of aromatic nitrogens is 2. The van der Waals surface area contributed by atoms with Crippen LogP contribution in [0.1, 0.15) is 0 Å². The summed E-state index contributed by atoms with van der Waals surface area (Å²) in [7, 11) is 0. The molecule has 1 aliphatic rings. The van der Waals surface area contributed by atoms with Crippen molar-refractivity contribution >= 4 is 22.5 Å². The maximum atomic E-state index is 11.2. The van der Waals surface area contributed by atoms with Crippen molar-refractivity contribution in [2.24, 2.45) is 0 Å². The van der Waals surface area contributed by atoms with E-state index in [9.17, 15) is 10.1 Å². The average Bonchev–Trinajstić information content (AvgIpc) is 2.68. The van der Waals surface area contributed by atoms with Gasteiger partial charge in [0.05, 0.1) is 16.1 Å². The second-order valence-corrected chi connectivity index (χ2v) is 5.93. The molecule has 0 bridgehead atoms. The summed E-state index contributed by atoms with van der Waals surface area (Å²) in [5, 5.41) is 15.2. The zero-order chi connectivity index (χ0) is 17.2. The van der Waals surface area contributed by atoms with E-state index in [1.165, 1.54) is 6.07 Å². The largest absolute Gasteiger partial charge is 0.338 e. The highest BCUT2D eigenvalue weighted by molar-refractivity contribution is 5.94. The fourth-order valence-corrected chi connectivity index (χ4v) is 3.04. The van der Waals surface area contributed by atoms with Crippen molar-refractivity contribution in [1.29, 1.82) is 0 Å². The van der Waals surface area contributed by atoms with Crippen molar-refractivity contribution < 1.29 is 4.92 Å². The van der Waals surface area contributed by atoms with Gasteiger partial charge in [-0.15, -0.1) is 0 Å². The summed E-state index contributed by atoms with van der Waals surface area (Å²) < 4.78 is 0. The Labute approximate surface area is 144 Å². The zero-order valence-corrected chi connectivity index (χ0v) is 13.6. The van der Waals surface area contributed by atoms with Crippen molar-refractivity contribution in [1.82, 2.24) is 15.3 Å². The van der Waals surface area contributed by atoms with Crippen LogP contribution in [0, 0.1) is 10.1 Å². The second kappa shape index (κ2) is 6.45. The van der Waals surface area contributed by atoms with Crippen LogP contribution < -0.4 is 10.2 Å². The lowest BCUT2D eigenvalue weighted by molar-refractivity contribution is -0.384. The first-order valence-electron chi connectivity index (χ1n) is 8.20. The molecule has 7 heteroatoms. The van der Waals surface area contributed by atoms with E-state index in [-0.39, 0.29) is 5.69 Å². The lowest BCUT2D eigenvalue weighted by atomic mass is 10.1. The molecule has 1 saturated heterocycles. The highest BCUT2D eigenvalue weighted by atomic mass is 16.6. The Morgan fingerprint density at radius 1 is 1.04 bits per heavy atom. The Bertz CT molecular complexity index is 923. The summed E-state index contributed by atoms with van der Waals surface area (Å²) in [5.41, 5.74) is 2.41. The Hall–Kier alpha value is -3.06. The van der Waals surface area contributed by atoms with Gasteiger partial charge in [-0.05, 0) is 6.07 Å². The maximum Gasteiger partial charge on any atom is 0.270 e. The van der Waals surface area contributed by atoms with Gasteiger partial charge in [0.15, 0.2) is 0 Å². The quantitative estimate of drug-likeness (QED) is 0.585. The van der Waals surface area contributed by atoms with E-state index in [4.69, 9.17) is 4.98 Å². The fraction of sp³-hybridized carbons (Fsp3) is 0.222. The molecule has 1 fully saturated rings. The molecule has 0 atom stereocenters. The highest BCUT2D eigenvalue weighted by Crippen LogP contribution is 2.30. The van der Waals surface area contributed by atoms with Crippen LogP contribution in [-0.2, 0) is 0 Å². The van der Waals surface area contributed by atoms with Gasteiger partial charge in [-0.1, -0.05) is 30.3 Å². The standard InChI is InChI=1S/C18H17N5O2/c24-23(25)14-6-7-16-15(12-14)17(13-4-2-1-3-5-13)21-18(20-16)22-10-8-19-9-11-22/h1-7,12,19H,8-11H2. The van der Waals surface area contributed by atoms with E-state index in [0.29, 0.717) is 16.9 Å². The van der Waals surface area contributed by atoms with Crippen LogP contribution in [0.5, 0.6) is 0 Å². The lowest BCUT2D eigenvalue weighted by Gasteiger charge is -2.28. The molecule has 0 unspecified atom stereocenters. The maximum absolute atomic E-state index is 11.2. The summed E-state index contributed by atoms with van der Waals surface area (Å²) >= 11 is 0. The number of hydrogen-bond donors (Lipinski definition) is 1. The number of fused-ring (bicyclic) bond motifs is 1. The molecular weight excluding hydrogens is 318 g/mol. The van der Waals surface area contributed by atoms with Crippen LogP contribution in [-0.4, -0.2) is 41.1 Å². The van der Waals surface area contributed by atoms with Crippen LogP contribution in [0.25, 0.3) is 22.2 Å². The molecule has 3 aromatic rings. The molecular formula is C18H17N5O2. The van der Waals surface area contributed by atoms with E-state index >= 15 is 0 Å². The number of benzene rings is 2. The number of nitrogens with one attached hydrogen (secondary N) is 1. The van der Waals surface area contributed by atoms with Gasteiger partial charge in [0.25, 0.3) is 5.69 Å². The first-order chi connectivity index (χ1) is 12.2. The molecule has 0 spiro atoms. The van der Waals surface area contributed by atoms with Gasteiger partial charge in [0.2, 0.25) is 5.95 Å². The third-order valence-electron chi connectivity index (χ3n) is 4.33. The number of non-ortho nitro benzene ring substituents is 1. The molecule has 7 nitrogen and oxygen atoms in total. The summed E-state index contributed by atoms with van der Waals surface area (Å²) in [4.78, 5) is 22.3. The lowest BCUT2D eigenvalue weighted by Crippen LogP contribution is -2.44. The monoisotopic (exact) mass is 335 g/mol. The van der Waals surface area contributed by atoms with Gasteiger partial charge >= 0.3 is 0 Å². The molecule has 1 N–H and O–H groups in total. The Balaban J connectivity index is 1.92. The molecule has 0 amide bonds. The molecule has 126 valence electrons. The molecule has 0 radical (unpaired) electrons. The third kappa shape index (κ3) is 3.01. The number of nitrogens with zero attached hydrogens (tertiary/aromatic N) is 4. The van der Waals surface area contributed by atoms with Crippen molar-refractivity contribution in [3.63, 3.8) is 0 Å². The van der Waals surface area contributed by atoms with Crippen LogP contribution >= 0.6 is 0 Å². The third-order valence-corrected chi connectivity index (χ3v) is 4.33. The number of nitro benzene ring substituents is 1. The average molecular weight is 335 g/mol. The number of nitro groups is 1. The van der Waals surface area contributed by atoms with Gasteiger partial charge in [-0.25, -0.2) is 9.97 Å². The van der Waals surface area contributed by atoms with Crippen LogP contribution in [0.3, 0.4) is 0 Å². The normalized spacial score (nSPS) is 14.6. The van der Waals surface area contributed by atoms with Gasteiger partial charge in [0.1, 0.15) is 0 Å². The van der Waals surface area contributed by atoms with Gasteiger partial charge in [0, 0.05) is 49.3 Å². The Kier molecular flexibility index (Phi) is 3.99. The Morgan fingerprint density at radius 3 is 2.52 bits per heavy atom. The van der Waals surface area contributed by atoms with E-state index < -0.39 is 4.92 Å². The van der Waals surface area contributed by atoms with Crippen molar-refractivity contribution in [2.45, 2.75) is 0 Å². The molecule has 25 heavy (non-hydrogen) atoms. The van der Waals surface area contributed by atoms with Crippen LogP contribution in [0.4, 0.5) is 11.6 Å². The summed E-state index contributed by atoms with van der Waals surface area (Å²) in [6, 6.07) is 14.5. The minimum absolute atomic E-state index is 0.0446. The molecule has 0 aliphatic carbocycles. The summed E-state index contributed by atoms with van der Waals surface area (Å²) in [6.45, 7) is 3.46. The minimum atomic E-state index is -0.390. The number of piperazine rings is 1.